The van der Waals surface area contributed by atoms with Gasteiger partial charge in [0.15, 0.2) is 0 Å². The number of hydrogen-bond acceptors (Lipinski definition) is 3. The third-order valence-electron chi connectivity index (χ3n) is 2.50. The summed E-state index contributed by atoms with van der Waals surface area (Å²) >= 11 is 0. The van der Waals surface area contributed by atoms with Crippen molar-refractivity contribution < 1.29 is 13.5 Å². The molecule has 1 N–H and O–H groups in total. The van der Waals surface area contributed by atoms with Crippen LogP contribution in [0.4, 0.5) is 0 Å². The van der Waals surface area contributed by atoms with E-state index in [0.29, 0.717) is 11.4 Å². The van der Waals surface area contributed by atoms with Crippen LogP contribution in [0.15, 0.2) is 29.2 Å². The fourth-order valence-electron chi connectivity index (χ4n) is 1.45. The van der Waals surface area contributed by atoms with Crippen molar-refractivity contribution in [3.8, 4) is 0 Å². The minimum Gasteiger partial charge on any atom is -0.395 e. The first-order chi connectivity index (χ1) is 7.05. The molecule has 0 spiro atoms. The molecule has 1 aliphatic heterocycles. The molecule has 15 heavy (non-hydrogen) atoms. The molecular formula is C10H13NO3S. The SMILES string of the molecule is Cc1ccc(S(=O)(=O)N2C[C@@H]2CO)cc1. The average molecular weight is 227 g/mol. The van der Waals surface area contributed by atoms with Crippen LogP contribution in [0.25, 0.3) is 0 Å². The fraction of sp³-hybridized carbons (Fsp3) is 0.400. The average Bonchev–Trinajstić information content (AvgIpc) is 2.98. The van der Waals surface area contributed by atoms with E-state index in [2.05, 4.69) is 0 Å². The Kier molecular flexibility index (Phi) is 2.54. The Labute approximate surface area is 89.2 Å². The standard InChI is InChI=1S/C10H13NO3S/c1-8-2-4-10(5-3-8)15(13,14)11-6-9(11)7-12/h2-5,9,12H,6-7H2,1H3/t9-,11?/m1/s1. The summed E-state index contributed by atoms with van der Waals surface area (Å²) in [5.74, 6) is 0. The smallest absolute Gasteiger partial charge is 0.243 e. The van der Waals surface area contributed by atoms with Crippen molar-refractivity contribution in [3.63, 3.8) is 0 Å². The van der Waals surface area contributed by atoms with Crippen LogP contribution in [-0.2, 0) is 10.0 Å². The van der Waals surface area contributed by atoms with Gasteiger partial charge in [0.2, 0.25) is 10.0 Å². The zero-order chi connectivity index (χ0) is 11.1. The largest absolute Gasteiger partial charge is 0.395 e. The van der Waals surface area contributed by atoms with Crippen LogP contribution in [0.3, 0.4) is 0 Å². The molecule has 1 unspecified atom stereocenters. The van der Waals surface area contributed by atoms with Gasteiger partial charge in [0.05, 0.1) is 17.5 Å². The van der Waals surface area contributed by atoms with Crippen LogP contribution in [0, 0.1) is 6.92 Å². The van der Waals surface area contributed by atoms with Gasteiger partial charge in [-0.15, -0.1) is 0 Å². The normalized spacial score (nSPS) is 25.2. The van der Waals surface area contributed by atoms with Crippen molar-refractivity contribution in [1.29, 1.82) is 0 Å². The van der Waals surface area contributed by atoms with E-state index in [1.807, 2.05) is 6.92 Å². The highest BCUT2D eigenvalue weighted by molar-refractivity contribution is 7.89. The van der Waals surface area contributed by atoms with Crippen molar-refractivity contribution in [2.24, 2.45) is 0 Å². The van der Waals surface area contributed by atoms with Gasteiger partial charge in [-0.25, -0.2) is 8.42 Å². The monoisotopic (exact) mass is 227 g/mol. The van der Waals surface area contributed by atoms with Gasteiger partial charge < -0.3 is 5.11 Å². The lowest BCUT2D eigenvalue weighted by Gasteiger charge is -2.05. The van der Waals surface area contributed by atoms with Gasteiger partial charge in [0.1, 0.15) is 0 Å². The lowest BCUT2D eigenvalue weighted by atomic mass is 10.2. The Bertz CT molecular complexity index is 452. The molecular weight excluding hydrogens is 214 g/mol. The fourth-order valence-corrected chi connectivity index (χ4v) is 3.03. The highest BCUT2D eigenvalue weighted by atomic mass is 32.2. The molecule has 2 atom stereocenters. The molecule has 5 heteroatoms. The minimum atomic E-state index is -3.37. The van der Waals surface area contributed by atoms with Crippen LogP contribution < -0.4 is 0 Å². The van der Waals surface area contributed by atoms with E-state index in [4.69, 9.17) is 5.11 Å². The summed E-state index contributed by atoms with van der Waals surface area (Å²) in [6.45, 7) is 2.22. The second-order valence-corrected chi connectivity index (χ2v) is 5.61. The maximum absolute atomic E-state index is 11.9. The van der Waals surface area contributed by atoms with Gasteiger partial charge in [-0.05, 0) is 19.1 Å². The zero-order valence-corrected chi connectivity index (χ0v) is 9.24. The first-order valence-corrected chi connectivity index (χ1v) is 6.19. The van der Waals surface area contributed by atoms with Crippen molar-refractivity contribution in [1.82, 2.24) is 4.31 Å². The molecule has 1 aromatic carbocycles. The molecule has 4 nitrogen and oxygen atoms in total. The second kappa shape index (κ2) is 3.59. The van der Waals surface area contributed by atoms with E-state index < -0.39 is 10.0 Å². The number of aryl methyl sites for hydroxylation is 1. The Morgan fingerprint density at radius 3 is 2.47 bits per heavy atom. The predicted octanol–water partition coefficient (Wildman–Crippen LogP) is 0.360. The van der Waals surface area contributed by atoms with Gasteiger partial charge in [-0.1, -0.05) is 17.7 Å². The van der Waals surface area contributed by atoms with E-state index in [1.54, 1.807) is 24.3 Å². The molecule has 1 aliphatic rings. The van der Waals surface area contributed by atoms with Gasteiger partial charge >= 0.3 is 0 Å². The highest BCUT2D eigenvalue weighted by Gasteiger charge is 2.43. The molecule has 1 aromatic rings. The quantitative estimate of drug-likeness (QED) is 0.759. The molecule has 1 heterocycles. The summed E-state index contributed by atoms with van der Waals surface area (Å²) in [4.78, 5) is 0.295. The van der Waals surface area contributed by atoms with Crippen molar-refractivity contribution in [2.45, 2.75) is 17.9 Å². The molecule has 2 rings (SSSR count). The molecule has 1 saturated heterocycles. The number of nitrogens with zero attached hydrogens (tertiary/aromatic N) is 1. The lowest BCUT2D eigenvalue weighted by molar-refractivity contribution is 0.287. The molecule has 0 radical (unpaired) electrons. The summed E-state index contributed by atoms with van der Waals surface area (Å²) in [7, 11) is -3.37. The molecule has 1 fully saturated rings. The molecule has 0 amide bonds. The number of rotatable bonds is 3. The third-order valence-corrected chi connectivity index (χ3v) is 4.44. The third kappa shape index (κ3) is 1.90. The zero-order valence-electron chi connectivity index (χ0n) is 8.42. The number of benzene rings is 1. The first-order valence-electron chi connectivity index (χ1n) is 4.75. The molecule has 82 valence electrons. The maximum Gasteiger partial charge on any atom is 0.243 e. The molecule has 0 bridgehead atoms. The molecule has 0 aliphatic carbocycles. The van der Waals surface area contributed by atoms with Crippen molar-refractivity contribution >= 4 is 10.0 Å². The summed E-state index contributed by atoms with van der Waals surface area (Å²) in [6.07, 6.45) is 0. The Morgan fingerprint density at radius 1 is 1.40 bits per heavy atom. The Balaban J connectivity index is 2.27. The number of aliphatic hydroxyl groups excluding tert-OH is 1. The van der Waals surface area contributed by atoms with E-state index >= 15 is 0 Å². The Hall–Kier alpha value is -0.910. The summed E-state index contributed by atoms with van der Waals surface area (Å²) in [6, 6.07) is 6.50. The molecule has 0 aromatic heterocycles. The predicted molar refractivity (Wildman–Crippen MR) is 55.9 cm³/mol. The van der Waals surface area contributed by atoms with E-state index in [-0.39, 0.29) is 12.6 Å². The highest BCUT2D eigenvalue weighted by Crippen LogP contribution is 2.27. The van der Waals surface area contributed by atoms with E-state index in [1.165, 1.54) is 4.31 Å². The van der Waals surface area contributed by atoms with Gasteiger partial charge in [0.25, 0.3) is 0 Å². The van der Waals surface area contributed by atoms with Crippen molar-refractivity contribution in [3.05, 3.63) is 29.8 Å². The lowest BCUT2D eigenvalue weighted by Crippen LogP contribution is -2.16. The van der Waals surface area contributed by atoms with Crippen LogP contribution in [0.5, 0.6) is 0 Å². The summed E-state index contributed by atoms with van der Waals surface area (Å²) in [5.41, 5.74) is 1.03. The maximum atomic E-state index is 11.9. The van der Waals surface area contributed by atoms with Gasteiger partial charge in [-0.3, -0.25) is 0 Å². The second-order valence-electron chi connectivity index (χ2n) is 3.72. The number of sulfonamides is 1. The van der Waals surface area contributed by atoms with Crippen LogP contribution in [0.1, 0.15) is 5.56 Å². The van der Waals surface area contributed by atoms with E-state index in [9.17, 15) is 8.42 Å². The van der Waals surface area contributed by atoms with E-state index in [0.717, 1.165) is 5.56 Å². The van der Waals surface area contributed by atoms with Crippen LogP contribution in [0.2, 0.25) is 0 Å². The Morgan fingerprint density at radius 2 is 2.00 bits per heavy atom. The van der Waals surface area contributed by atoms with Crippen LogP contribution in [-0.4, -0.2) is 37.0 Å². The topological polar surface area (TPSA) is 57.4 Å². The van der Waals surface area contributed by atoms with Gasteiger partial charge in [-0.2, -0.15) is 4.31 Å². The van der Waals surface area contributed by atoms with Gasteiger partial charge in [0, 0.05) is 6.54 Å². The number of hydrogen-bond donors (Lipinski definition) is 1. The van der Waals surface area contributed by atoms with Crippen molar-refractivity contribution in [2.75, 3.05) is 13.2 Å². The molecule has 0 saturated carbocycles. The first kappa shape index (κ1) is 10.6. The minimum absolute atomic E-state index is 0.106. The van der Waals surface area contributed by atoms with Crippen LogP contribution >= 0.6 is 0 Å². The number of aliphatic hydroxyl groups is 1. The summed E-state index contributed by atoms with van der Waals surface area (Å²) in [5, 5.41) is 8.82. The summed E-state index contributed by atoms with van der Waals surface area (Å²) < 4.78 is 25.1.